The van der Waals surface area contributed by atoms with Gasteiger partial charge in [-0.2, -0.15) is 0 Å². The van der Waals surface area contributed by atoms with Crippen molar-refractivity contribution in [2.45, 2.75) is 17.7 Å². The van der Waals surface area contributed by atoms with Crippen LogP contribution in [0.3, 0.4) is 0 Å². The SMILES string of the molecule is COc1cccc2cc(-c3nnc(NC(=O)CCCSc4ccccc4)o3)oc12. The molecule has 0 spiro atoms. The predicted octanol–water partition coefficient (Wildman–Crippen LogP) is 5.00. The van der Waals surface area contributed by atoms with Crippen LogP contribution in [0.1, 0.15) is 12.8 Å². The van der Waals surface area contributed by atoms with Gasteiger partial charge in [0.15, 0.2) is 17.1 Å². The maximum absolute atomic E-state index is 12.1. The number of carbonyl (C=O) groups excluding carboxylic acids is 1. The topological polar surface area (TPSA) is 90.4 Å². The van der Waals surface area contributed by atoms with Crippen LogP contribution in [0, 0.1) is 0 Å². The van der Waals surface area contributed by atoms with Crippen molar-refractivity contribution in [2.24, 2.45) is 0 Å². The fourth-order valence-corrected chi connectivity index (χ4v) is 3.67. The van der Waals surface area contributed by atoms with Gasteiger partial charge in [-0.25, -0.2) is 0 Å². The van der Waals surface area contributed by atoms with Gasteiger partial charge >= 0.3 is 6.01 Å². The normalized spacial score (nSPS) is 10.9. The molecule has 0 atom stereocenters. The number of nitrogens with zero attached hydrogens (tertiary/aromatic N) is 2. The van der Waals surface area contributed by atoms with E-state index in [0.717, 1.165) is 17.6 Å². The number of thioether (sulfide) groups is 1. The summed E-state index contributed by atoms with van der Waals surface area (Å²) in [4.78, 5) is 13.3. The Morgan fingerprint density at radius 1 is 1.10 bits per heavy atom. The van der Waals surface area contributed by atoms with Crippen molar-refractivity contribution in [1.82, 2.24) is 10.2 Å². The molecule has 0 aliphatic rings. The Morgan fingerprint density at radius 2 is 1.97 bits per heavy atom. The summed E-state index contributed by atoms with van der Waals surface area (Å²) in [6.45, 7) is 0. The number of anilines is 1. The maximum atomic E-state index is 12.1. The van der Waals surface area contributed by atoms with Crippen molar-refractivity contribution < 1.29 is 18.4 Å². The van der Waals surface area contributed by atoms with Crippen molar-refractivity contribution in [3.8, 4) is 17.4 Å². The number of furan rings is 1. The first kappa shape index (κ1) is 19.1. The molecule has 2 aromatic heterocycles. The van der Waals surface area contributed by atoms with Crippen molar-refractivity contribution >= 4 is 34.7 Å². The molecule has 8 heteroatoms. The molecule has 0 saturated carbocycles. The van der Waals surface area contributed by atoms with Crippen LogP contribution in [0.4, 0.5) is 6.01 Å². The first-order valence-electron chi connectivity index (χ1n) is 9.11. The molecule has 29 heavy (non-hydrogen) atoms. The van der Waals surface area contributed by atoms with Crippen molar-refractivity contribution in [3.05, 3.63) is 54.6 Å². The fourth-order valence-electron chi connectivity index (χ4n) is 2.80. The second-order valence-electron chi connectivity index (χ2n) is 6.21. The Hall–Kier alpha value is -3.26. The number of benzene rings is 2. The summed E-state index contributed by atoms with van der Waals surface area (Å²) in [6.07, 6.45) is 1.12. The van der Waals surface area contributed by atoms with E-state index in [0.29, 0.717) is 23.5 Å². The molecule has 0 aliphatic heterocycles. The minimum absolute atomic E-state index is 0.0492. The molecule has 4 rings (SSSR count). The summed E-state index contributed by atoms with van der Waals surface area (Å²) in [7, 11) is 1.58. The lowest BCUT2D eigenvalue weighted by Gasteiger charge is -2.01. The number of aromatic nitrogens is 2. The van der Waals surface area contributed by atoms with Gasteiger partial charge in [0, 0.05) is 16.7 Å². The van der Waals surface area contributed by atoms with Crippen LogP contribution in [0.15, 0.2) is 68.3 Å². The quantitative estimate of drug-likeness (QED) is 0.323. The second-order valence-corrected chi connectivity index (χ2v) is 7.38. The van der Waals surface area contributed by atoms with Gasteiger partial charge in [-0.3, -0.25) is 10.1 Å². The highest BCUT2D eigenvalue weighted by Crippen LogP contribution is 2.33. The number of nitrogens with one attached hydrogen (secondary N) is 1. The van der Waals surface area contributed by atoms with Crippen LogP contribution in [-0.4, -0.2) is 29.0 Å². The average molecular weight is 409 g/mol. The molecule has 1 amide bonds. The minimum atomic E-state index is -0.167. The Balaban J connectivity index is 1.32. The van der Waals surface area contributed by atoms with E-state index in [-0.39, 0.29) is 17.8 Å². The van der Waals surface area contributed by atoms with E-state index in [1.54, 1.807) is 24.9 Å². The number of methoxy groups -OCH3 is 1. The molecule has 2 aromatic carbocycles. The highest BCUT2D eigenvalue weighted by molar-refractivity contribution is 7.99. The largest absolute Gasteiger partial charge is 0.493 e. The molecule has 0 fully saturated rings. The smallest absolute Gasteiger partial charge is 0.322 e. The third kappa shape index (κ3) is 4.60. The number of rotatable bonds is 8. The molecule has 2 heterocycles. The van der Waals surface area contributed by atoms with Crippen LogP contribution in [-0.2, 0) is 4.79 Å². The lowest BCUT2D eigenvalue weighted by molar-refractivity contribution is -0.116. The van der Waals surface area contributed by atoms with Gasteiger partial charge in [0.05, 0.1) is 7.11 Å². The third-order valence-electron chi connectivity index (χ3n) is 4.17. The van der Waals surface area contributed by atoms with E-state index in [1.807, 2.05) is 36.4 Å². The van der Waals surface area contributed by atoms with Crippen LogP contribution < -0.4 is 10.1 Å². The van der Waals surface area contributed by atoms with Crippen LogP contribution in [0.5, 0.6) is 5.75 Å². The van der Waals surface area contributed by atoms with Crippen LogP contribution in [0.2, 0.25) is 0 Å². The Morgan fingerprint density at radius 3 is 2.79 bits per heavy atom. The summed E-state index contributed by atoms with van der Waals surface area (Å²) >= 11 is 1.72. The first-order valence-corrected chi connectivity index (χ1v) is 10.1. The van der Waals surface area contributed by atoms with Gasteiger partial charge in [0.25, 0.3) is 5.89 Å². The Bertz CT molecular complexity index is 1110. The highest BCUT2D eigenvalue weighted by Gasteiger charge is 2.16. The van der Waals surface area contributed by atoms with Crippen LogP contribution >= 0.6 is 11.8 Å². The lowest BCUT2D eigenvalue weighted by atomic mass is 10.2. The number of ether oxygens (including phenoxy) is 1. The Labute approximate surface area is 171 Å². The Kier molecular flexibility index (Phi) is 5.81. The van der Waals surface area contributed by atoms with Crippen molar-refractivity contribution in [2.75, 3.05) is 18.2 Å². The molecule has 148 valence electrons. The molecule has 0 unspecified atom stereocenters. The summed E-state index contributed by atoms with van der Waals surface area (Å²) in [6, 6.07) is 17.5. The van der Waals surface area contributed by atoms with E-state index in [4.69, 9.17) is 13.6 Å². The molecule has 0 saturated heterocycles. The molecular formula is C21H19N3O4S. The summed E-state index contributed by atoms with van der Waals surface area (Å²) in [5, 5.41) is 11.3. The van der Waals surface area contributed by atoms with Gasteiger partial charge in [0.1, 0.15) is 0 Å². The molecule has 0 aliphatic carbocycles. The number of hydrogen-bond acceptors (Lipinski definition) is 7. The van der Waals surface area contributed by atoms with Crippen LogP contribution in [0.25, 0.3) is 22.6 Å². The number of carbonyl (C=O) groups is 1. The number of hydrogen-bond donors (Lipinski definition) is 1. The summed E-state index contributed by atoms with van der Waals surface area (Å²) in [5.41, 5.74) is 0.602. The predicted molar refractivity (Wildman–Crippen MR) is 111 cm³/mol. The zero-order valence-corrected chi connectivity index (χ0v) is 16.6. The van der Waals surface area contributed by atoms with Gasteiger partial charge < -0.3 is 13.6 Å². The average Bonchev–Trinajstić information content (AvgIpc) is 3.38. The van der Waals surface area contributed by atoms with Crippen molar-refractivity contribution in [1.29, 1.82) is 0 Å². The highest BCUT2D eigenvalue weighted by atomic mass is 32.2. The van der Waals surface area contributed by atoms with Gasteiger partial charge in [-0.05, 0) is 36.4 Å². The second kappa shape index (κ2) is 8.83. The number of para-hydroxylation sites is 1. The third-order valence-corrected chi connectivity index (χ3v) is 5.27. The molecule has 7 nitrogen and oxygen atoms in total. The van der Waals surface area contributed by atoms with E-state index < -0.39 is 0 Å². The molecule has 1 N–H and O–H groups in total. The van der Waals surface area contributed by atoms with E-state index in [9.17, 15) is 4.79 Å². The van der Waals surface area contributed by atoms with Gasteiger partial charge in [0.2, 0.25) is 5.91 Å². The standard InChI is InChI=1S/C21H19N3O4S/c1-26-16-10-5-7-14-13-17(27-19(14)16)20-23-24-21(28-20)22-18(25)11-6-12-29-15-8-3-2-4-9-15/h2-5,7-10,13H,6,11-12H2,1H3,(H,22,24,25). The van der Waals surface area contributed by atoms with E-state index in [1.165, 1.54) is 4.90 Å². The minimum Gasteiger partial charge on any atom is -0.493 e. The molecule has 0 bridgehead atoms. The zero-order chi connectivity index (χ0) is 20.1. The van der Waals surface area contributed by atoms with Crippen molar-refractivity contribution in [3.63, 3.8) is 0 Å². The van der Waals surface area contributed by atoms with Gasteiger partial charge in [-0.15, -0.1) is 16.9 Å². The number of fused-ring (bicyclic) bond motifs is 1. The summed E-state index contributed by atoms with van der Waals surface area (Å²) in [5.74, 6) is 1.91. The van der Waals surface area contributed by atoms with E-state index >= 15 is 0 Å². The monoisotopic (exact) mass is 409 g/mol. The number of amides is 1. The van der Waals surface area contributed by atoms with E-state index in [2.05, 4.69) is 27.6 Å². The molecule has 4 aromatic rings. The first-order chi connectivity index (χ1) is 14.2. The fraction of sp³-hybridized carbons (Fsp3) is 0.190. The summed E-state index contributed by atoms with van der Waals surface area (Å²) < 4.78 is 16.6. The van der Waals surface area contributed by atoms with Gasteiger partial charge in [-0.1, -0.05) is 35.4 Å². The maximum Gasteiger partial charge on any atom is 0.322 e. The molecular weight excluding hydrogens is 390 g/mol. The lowest BCUT2D eigenvalue weighted by Crippen LogP contribution is -2.11. The zero-order valence-electron chi connectivity index (χ0n) is 15.8. The molecule has 0 radical (unpaired) electrons.